The highest BCUT2D eigenvalue weighted by molar-refractivity contribution is 5.91. The highest BCUT2D eigenvalue weighted by Crippen LogP contribution is 2.21. The lowest BCUT2D eigenvalue weighted by atomic mass is 10.2. The summed E-state index contributed by atoms with van der Waals surface area (Å²) in [6.07, 6.45) is 0. The summed E-state index contributed by atoms with van der Waals surface area (Å²) >= 11 is 0. The van der Waals surface area contributed by atoms with E-state index in [1.54, 1.807) is 18.2 Å². The average molecular weight is 408 g/mol. The number of hydrogen-bond donors (Lipinski definition) is 1. The molecule has 1 amide bonds. The van der Waals surface area contributed by atoms with Gasteiger partial charge in [0.1, 0.15) is 23.9 Å². The third-order valence-electron chi connectivity index (χ3n) is 4.23. The Balaban J connectivity index is 1.62. The number of aromatic nitrogens is 3. The number of nitrogens with one attached hydrogen (secondary N) is 1. The molecule has 0 bridgehead atoms. The summed E-state index contributed by atoms with van der Waals surface area (Å²) in [7, 11) is 0. The molecule has 0 atom stereocenters. The van der Waals surface area contributed by atoms with Crippen molar-refractivity contribution in [1.29, 1.82) is 0 Å². The molecule has 0 unspecified atom stereocenters. The molecule has 7 nitrogen and oxygen atoms in total. The van der Waals surface area contributed by atoms with Crippen molar-refractivity contribution in [1.82, 2.24) is 14.7 Å². The van der Waals surface area contributed by atoms with Crippen molar-refractivity contribution in [3.63, 3.8) is 0 Å². The molecule has 2 heterocycles. The fourth-order valence-corrected chi connectivity index (χ4v) is 2.83. The predicted molar refractivity (Wildman–Crippen MR) is 104 cm³/mol. The van der Waals surface area contributed by atoms with E-state index < -0.39 is 29.6 Å². The fraction of sp³-hybridized carbons (Fsp3) is 0.0476. The van der Waals surface area contributed by atoms with Gasteiger partial charge in [0.25, 0.3) is 11.4 Å². The van der Waals surface area contributed by atoms with Crippen molar-refractivity contribution in [2.45, 2.75) is 6.54 Å². The Labute approximate surface area is 168 Å². The van der Waals surface area contributed by atoms with E-state index >= 15 is 0 Å². The number of carbonyl (C=O) groups excluding carboxylic acids is 1. The third kappa shape index (κ3) is 4.00. The van der Waals surface area contributed by atoms with Crippen LogP contribution in [0.3, 0.4) is 0 Å². The van der Waals surface area contributed by atoms with Crippen LogP contribution in [-0.2, 0) is 11.3 Å². The zero-order valence-electron chi connectivity index (χ0n) is 15.4. The molecule has 0 aliphatic rings. The summed E-state index contributed by atoms with van der Waals surface area (Å²) in [6, 6.07) is 16.1. The fourth-order valence-electron chi connectivity index (χ4n) is 2.83. The molecule has 2 aromatic carbocycles. The van der Waals surface area contributed by atoms with Crippen LogP contribution in [0.15, 0.2) is 76.0 Å². The van der Waals surface area contributed by atoms with Crippen LogP contribution in [0.4, 0.5) is 14.5 Å². The molecule has 0 saturated heterocycles. The molecule has 0 aliphatic heterocycles. The molecule has 0 aliphatic carbocycles. The van der Waals surface area contributed by atoms with E-state index in [4.69, 9.17) is 4.52 Å². The summed E-state index contributed by atoms with van der Waals surface area (Å²) in [5, 5.41) is 6.16. The maximum absolute atomic E-state index is 13.8. The van der Waals surface area contributed by atoms with E-state index in [0.717, 1.165) is 28.3 Å². The maximum Gasteiger partial charge on any atom is 0.274 e. The minimum absolute atomic E-state index is 0.0382. The number of carbonyl (C=O) groups is 1. The first-order valence-electron chi connectivity index (χ1n) is 8.85. The maximum atomic E-state index is 13.8. The number of anilines is 1. The van der Waals surface area contributed by atoms with Gasteiger partial charge in [0.15, 0.2) is 0 Å². The van der Waals surface area contributed by atoms with Gasteiger partial charge < -0.3 is 9.84 Å². The van der Waals surface area contributed by atoms with Gasteiger partial charge in [-0.3, -0.25) is 14.2 Å². The van der Waals surface area contributed by atoms with Crippen molar-refractivity contribution in [2.24, 2.45) is 0 Å². The van der Waals surface area contributed by atoms with Gasteiger partial charge in [-0.1, -0.05) is 41.6 Å². The Morgan fingerprint density at radius 3 is 2.63 bits per heavy atom. The Kier molecular flexibility index (Phi) is 5.17. The quantitative estimate of drug-likeness (QED) is 0.546. The number of benzene rings is 2. The largest absolute Gasteiger partial charge is 0.332 e. The molecule has 30 heavy (non-hydrogen) atoms. The monoisotopic (exact) mass is 408 g/mol. The molecule has 4 rings (SSSR count). The van der Waals surface area contributed by atoms with Crippen LogP contribution < -0.4 is 10.9 Å². The molecule has 2 aromatic heterocycles. The van der Waals surface area contributed by atoms with Crippen molar-refractivity contribution in [3.05, 3.63) is 88.7 Å². The summed E-state index contributed by atoms with van der Waals surface area (Å²) < 4.78 is 33.5. The second-order valence-corrected chi connectivity index (χ2v) is 6.30. The molecule has 9 heteroatoms. The Hall–Kier alpha value is -4.14. The smallest absolute Gasteiger partial charge is 0.274 e. The first kappa shape index (κ1) is 19.2. The van der Waals surface area contributed by atoms with Crippen LogP contribution in [0.5, 0.6) is 0 Å². The van der Waals surface area contributed by atoms with Crippen LogP contribution in [0.2, 0.25) is 0 Å². The van der Waals surface area contributed by atoms with Gasteiger partial charge >= 0.3 is 0 Å². The van der Waals surface area contributed by atoms with Gasteiger partial charge in [0.2, 0.25) is 11.7 Å². The molecule has 150 valence electrons. The van der Waals surface area contributed by atoms with E-state index in [9.17, 15) is 18.4 Å². The van der Waals surface area contributed by atoms with Crippen molar-refractivity contribution < 1.29 is 18.1 Å². The van der Waals surface area contributed by atoms with E-state index in [0.29, 0.717) is 5.82 Å². The SMILES string of the molecule is O=C(Cn1c(-c2nc(-c3ccccc3)no2)cccc1=O)Nc1cc(F)ccc1F. The molecule has 0 fully saturated rings. The second kappa shape index (κ2) is 8.08. The van der Waals surface area contributed by atoms with Crippen LogP contribution >= 0.6 is 0 Å². The number of halogens is 2. The number of nitrogens with zero attached hydrogens (tertiary/aromatic N) is 3. The molecule has 0 spiro atoms. The molecule has 1 N–H and O–H groups in total. The third-order valence-corrected chi connectivity index (χ3v) is 4.23. The van der Waals surface area contributed by atoms with Crippen LogP contribution in [0, 0.1) is 11.6 Å². The number of hydrogen-bond acceptors (Lipinski definition) is 5. The highest BCUT2D eigenvalue weighted by atomic mass is 19.1. The van der Waals surface area contributed by atoms with Crippen LogP contribution in [-0.4, -0.2) is 20.6 Å². The standard InChI is InChI=1S/C21H14F2N4O3/c22-14-9-10-15(23)16(11-14)24-18(28)12-27-17(7-4-8-19(27)29)21-25-20(26-30-21)13-5-2-1-3-6-13/h1-11H,12H2,(H,24,28). The number of rotatable bonds is 5. The minimum atomic E-state index is -0.796. The van der Waals surface area contributed by atoms with Gasteiger partial charge in [-0.15, -0.1) is 0 Å². The summed E-state index contributed by atoms with van der Waals surface area (Å²) in [4.78, 5) is 29.0. The molecular weight excluding hydrogens is 394 g/mol. The van der Waals surface area contributed by atoms with Gasteiger partial charge in [-0.05, 0) is 18.2 Å². The lowest BCUT2D eigenvalue weighted by Crippen LogP contribution is -2.28. The number of pyridine rings is 1. The zero-order chi connectivity index (χ0) is 21.1. The summed E-state index contributed by atoms with van der Waals surface area (Å²) in [5.74, 6) is -1.87. The average Bonchev–Trinajstić information content (AvgIpc) is 3.23. The van der Waals surface area contributed by atoms with E-state index in [-0.39, 0.29) is 17.3 Å². The Morgan fingerprint density at radius 1 is 1.03 bits per heavy atom. The van der Waals surface area contributed by atoms with Gasteiger partial charge in [-0.2, -0.15) is 4.98 Å². The lowest BCUT2D eigenvalue weighted by molar-refractivity contribution is -0.116. The summed E-state index contributed by atoms with van der Waals surface area (Å²) in [6.45, 7) is -0.464. The van der Waals surface area contributed by atoms with Crippen LogP contribution in [0.1, 0.15) is 0 Å². The van der Waals surface area contributed by atoms with Gasteiger partial charge in [-0.25, -0.2) is 8.78 Å². The lowest BCUT2D eigenvalue weighted by Gasteiger charge is -2.11. The van der Waals surface area contributed by atoms with Crippen molar-refractivity contribution >= 4 is 11.6 Å². The van der Waals surface area contributed by atoms with Gasteiger partial charge in [0.05, 0.1) is 5.69 Å². The van der Waals surface area contributed by atoms with Crippen LogP contribution in [0.25, 0.3) is 23.0 Å². The molecule has 0 radical (unpaired) electrons. The van der Waals surface area contributed by atoms with Crippen molar-refractivity contribution in [3.8, 4) is 23.0 Å². The van der Waals surface area contributed by atoms with E-state index in [1.807, 2.05) is 18.2 Å². The Bertz CT molecular complexity index is 1270. The Morgan fingerprint density at radius 2 is 1.83 bits per heavy atom. The molecular formula is C21H14F2N4O3. The normalized spacial score (nSPS) is 10.7. The number of amides is 1. The highest BCUT2D eigenvalue weighted by Gasteiger charge is 2.17. The summed E-state index contributed by atoms with van der Waals surface area (Å²) in [5.41, 5.74) is 0.111. The predicted octanol–water partition coefficient (Wildman–Crippen LogP) is 3.48. The molecule has 0 saturated carbocycles. The first-order valence-corrected chi connectivity index (χ1v) is 8.85. The van der Waals surface area contributed by atoms with Gasteiger partial charge in [0, 0.05) is 17.7 Å². The van der Waals surface area contributed by atoms with Crippen molar-refractivity contribution in [2.75, 3.05) is 5.32 Å². The molecule has 4 aromatic rings. The second-order valence-electron chi connectivity index (χ2n) is 6.30. The van der Waals surface area contributed by atoms with E-state index in [1.165, 1.54) is 12.1 Å². The zero-order valence-corrected chi connectivity index (χ0v) is 15.4. The first-order chi connectivity index (χ1) is 14.5. The van der Waals surface area contributed by atoms with E-state index in [2.05, 4.69) is 15.5 Å². The topological polar surface area (TPSA) is 90.0 Å². The minimum Gasteiger partial charge on any atom is -0.332 e.